The van der Waals surface area contributed by atoms with Gasteiger partial charge < -0.3 is 34.1 Å². The summed E-state index contributed by atoms with van der Waals surface area (Å²) in [6, 6.07) is 1.96. The Bertz CT molecular complexity index is 1090. The highest BCUT2D eigenvalue weighted by atomic mass is 35.5. The Hall–Kier alpha value is -4.47. The molecule has 5 amide bonds. The molecule has 3 atom stereocenters. The number of hydrogen-bond acceptors (Lipinski definition) is 7. The SMILES string of the molecule is CC(=O)N[C@@H](CC(C)C)C(=O)N[C@@H](Cc1ccc([N+](=O)[O-])cc1)C(=O)N[C@@H](CCC[NH+]=C(N)N)/[13CH]=N/NC(N)=O.[Cl-]. The molecule has 0 aromatic heterocycles. The Labute approximate surface area is 243 Å². The predicted octanol–water partition coefficient (Wildman–Crippen LogP) is -5.55. The number of nitrogens with two attached hydrogens (primary N) is 3. The number of carbonyl (C=O) groups is 4. The third-order valence-electron chi connectivity index (χ3n) is 5.40. The molecule has 1 rings (SSSR count). The van der Waals surface area contributed by atoms with Crippen molar-refractivity contribution in [2.45, 2.75) is 64.6 Å². The molecule has 0 radical (unpaired) electrons. The quantitative estimate of drug-likeness (QED) is 0.0226. The maximum atomic E-state index is 13.4. The Morgan fingerprint density at radius 3 is 2.15 bits per heavy atom. The highest BCUT2D eigenvalue weighted by molar-refractivity contribution is 5.93. The number of hydrogen-bond donors (Lipinski definition) is 8. The molecular formula is C24H39ClN10O6. The van der Waals surface area contributed by atoms with E-state index >= 15 is 0 Å². The summed E-state index contributed by atoms with van der Waals surface area (Å²) in [5.74, 6) is -1.46. The molecule has 228 valence electrons. The molecule has 0 spiro atoms. The Kier molecular flexibility index (Phi) is 16.7. The van der Waals surface area contributed by atoms with Crippen molar-refractivity contribution in [1.29, 1.82) is 0 Å². The highest BCUT2D eigenvalue weighted by Crippen LogP contribution is 2.14. The van der Waals surface area contributed by atoms with Gasteiger partial charge in [0.25, 0.3) is 5.69 Å². The minimum absolute atomic E-state index is 0. The van der Waals surface area contributed by atoms with Crippen LogP contribution >= 0.6 is 0 Å². The molecule has 0 aliphatic carbocycles. The maximum absolute atomic E-state index is 13.4. The molecular weight excluding hydrogens is 561 g/mol. The lowest BCUT2D eigenvalue weighted by Gasteiger charge is -2.25. The molecule has 0 aliphatic heterocycles. The molecule has 0 bridgehead atoms. The van der Waals surface area contributed by atoms with E-state index < -0.39 is 46.8 Å². The number of carbonyl (C=O) groups excluding carboxylic acids is 4. The average molecular weight is 600 g/mol. The van der Waals surface area contributed by atoms with Gasteiger partial charge in [-0.3, -0.25) is 41.0 Å². The highest BCUT2D eigenvalue weighted by Gasteiger charge is 2.28. The Morgan fingerprint density at radius 2 is 1.63 bits per heavy atom. The lowest BCUT2D eigenvalue weighted by molar-refractivity contribution is -0.459. The summed E-state index contributed by atoms with van der Waals surface area (Å²) in [6.07, 6.45) is 2.44. The molecule has 0 unspecified atom stereocenters. The van der Waals surface area contributed by atoms with E-state index in [0.717, 1.165) is 0 Å². The van der Waals surface area contributed by atoms with Gasteiger partial charge in [0.05, 0.1) is 17.5 Å². The summed E-state index contributed by atoms with van der Waals surface area (Å²) < 4.78 is 0. The fraction of sp³-hybridized carbons (Fsp3) is 0.500. The minimum atomic E-state index is -1.12. The number of primary amides is 1. The van der Waals surface area contributed by atoms with E-state index in [0.29, 0.717) is 31.4 Å². The second-order valence-corrected chi connectivity index (χ2v) is 9.47. The largest absolute Gasteiger partial charge is 1.00 e. The van der Waals surface area contributed by atoms with Crippen LogP contribution in [0.4, 0.5) is 10.5 Å². The van der Waals surface area contributed by atoms with Crippen LogP contribution in [0.2, 0.25) is 0 Å². The smallest absolute Gasteiger partial charge is 0.338 e. The number of nitrogens with zero attached hydrogens (tertiary/aromatic N) is 2. The normalized spacial score (nSPS) is 12.8. The van der Waals surface area contributed by atoms with Crippen molar-refractivity contribution < 1.29 is 41.5 Å². The number of rotatable bonds is 16. The molecule has 1 aromatic carbocycles. The zero-order chi connectivity index (χ0) is 30.2. The number of non-ortho nitro benzene ring substituents is 1. The van der Waals surface area contributed by atoms with Crippen LogP contribution in [0.25, 0.3) is 0 Å². The molecule has 0 heterocycles. The van der Waals surface area contributed by atoms with Gasteiger partial charge in [0.1, 0.15) is 12.1 Å². The van der Waals surface area contributed by atoms with Crippen molar-refractivity contribution in [3.8, 4) is 0 Å². The van der Waals surface area contributed by atoms with E-state index in [9.17, 15) is 29.3 Å². The summed E-state index contributed by atoms with van der Waals surface area (Å²) in [6.45, 7) is 5.45. The Morgan fingerprint density at radius 1 is 1.02 bits per heavy atom. The van der Waals surface area contributed by atoms with Crippen LogP contribution in [-0.2, 0) is 20.8 Å². The van der Waals surface area contributed by atoms with Crippen molar-refractivity contribution in [3.63, 3.8) is 0 Å². The van der Waals surface area contributed by atoms with E-state index in [2.05, 4.69) is 31.5 Å². The van der Waals surface area contributed by atoms with Crippen molar-refractivity contribution >= 4 is 41.6 Å². The third-order valence-corrected chi connectivity index (χ3v) is 5.40. The maximum Gasteiger partial charge on any atom is 0.338 e. The van der Waals surface area contributed by atoms with E-state index in [4.69, 9.17) is 17.2 Å². The number of guanidine groups is 1. The van der Waals surface area contributed by atoms with Crippen LogP contribution in [0, 0.1) is 16.0 Å². The van der Waals surface area contributed by atoms with Gasteiger partial charge in [-0.15, -0.1) is 0 Å². The molecule has 0 aliphatic rings. The average Bonchev–Trinajstić information content (AvgIpc) is 2.84. The Balaban J connectivity index is 0.0000160. The molecule has 0 fully saturated rings. The first kappa shape index (κ1) is 36.5. The van der Waals surface area contributed by atoms with E-state index in [1.807, 2.05) is 13.8 Å². The lowest BCUT2D eigenvalue weighted by atomic mass is 10.0. The second kappa shape index (κ2) is 18.8. The van der Waals surface area contributed by atoms with Gasteiger partial charge in [-0.05, 0) is 30.7 Å². The van der Waals surface area contributed by atoms with Crippen LogP contribution in [0.3, 0.4) is 0 Å². The topological polar surface area (TPSA) is 264 Å². The first-order valence-electron chi connectivity index (χ1n) is 12.6. The fourth-order valence-corrected chi connectivity index (χ4v) is 3.63. The number of amides is 5. The minimum Gasteiger partial charge on any atom is -1.00 e. The molecule has 0 saturated heterocycles. The summed E-state index contributed by atoms with van der Waals surface area (Å²) in [7, 11) is 0. The van der Waals surface area contributed by atoms with Gasteiger partial charge in [-0.1, -0.05) is 26.0 Å². The molecule has 1 aromatic rings. The first-order valence-corrected chi connectivity index (χ1v) is 12.6. The number of halogens is 1. The van der Waals surface area contributed by atoms with Gasteiger partial charge in [0, 0.05) is 31.7 Å². The summed E-state index contributed by atoms with van der Waals surface area (Å²) in [5.41, 5.74) is 18.3. The van der Waals surface area contributed by atoms with Gasteiger partial charge in [0.15, 0.2) is 0 Å². The van der Waals surface area contributed by atoms with Crippen molar-refractivity contribution in [1.82, 2.24) is 21.4 Å². The van der Waals surface area contributed by atoms with Crippen LogP contribution in [-0.4, -0.2) is 65.5 Å². The fourth-order valence-electron chi connectivity index (χ4n) is 3.63. The zero-order valence-corrected chi connectivity index (χ0v) is 23.9. The molecule has 11 N–H and O–H groups in total. The third kappa shape index (κ3) is 15.6. The number of nitro benzene ring substituents is 1. The lowest BCUT2D eigenvalue weighted by Crippen LogP contribution is -3.00. The van der Waals surface area contributed by atoms with Gasteiger partial charge >= 0.3 is 12.0 Å². The summed E-state index contributed by atoms with van der Waals surface area (Å²) in [4.78, 5) is 62.5. The summed E-state index contributed by atoms with van der Waals surface area (Å²) in [5, 5.41) is 22.8. The molecule has 17 heteroatoms. The molecule has 16 nitrogen and oxygen atoms in total. The van der Waals surface area contributed by atoms with Gasteiger partial charge in [-0.25, -0.2) is 10.2 Å². The number of urea groups is 1. The van der Waals surface area contributed by atoms with Gasteiger partial charge in [0.2, 0.25) is 17.7 Å². The second-order valence-electron chi connectivity index (χ2n) is 9.47. The van der Waals surface area contributed by atoms with E-state index in [-0.39, 0.29) is 36.4 Å². The standard InChI is InChI=1S/C24H38N10O6.ClH/c1-14(2)11-19(30-15(3)35)22(37)32-20(12-16-6-8-18(9-7-16)34(39)40)21(36)31-17(13-29-33-24(27)38)5-4-10-28-23(25)26;/h6-9,13-14,17,19-20H,4-5,10-12H2,1-3H3,(H,30,35)(H,31,36)(H,32,37)(H4,25,26,28)(H3,27,33,38);1H/b29-13+;/t17-,19-,20-;/m0./s1/i13+1;. The van der Waals surface area contributed by atoms with Gasteiger partial charge in [-0.2, -0.15) is 5.10 Å². The summed E-state index contributed by atoms with van der Waals surface area (Å²) >= 11 is 0. The zero-order valence-electron chi connectivity index (χ0n) is 23.2. The van der Waals surface area contributed by atoms with Crippen molar-refractivity contribution in [3.05, 3.63) is 39.9 Å². The van der Waals surface area contributed by atoms with E-state index in [1.165, 1.54) is 37.4 Å². The predicted molar refractivity (Wildman–Crippen MR) is 147 cm³/mol. The number of nitrogens with one attached hydrogen (secondary N) is 5. The molecule has 41 heavy (non-hydrogen) atoms. The van der Waals surface area contributed by atoms with E-state index in [1.54, 1.807) is 0 Å². The van der Waals surface area contributed by atoms with Crippen LogP contribution in [0.1, 0.15) is 45.6 Å². The van der Waals surface area contributed by atoms with Crippen LogP contribution in [0.5, 0.6) is 0 Å². The monoisotopic (exact) mass is 599 g/mol. The van der Waals surface area contributed by atoms with Crippen LogP contribution < -0.4 is 56.0 Å². The van der Waals surface area contributed by atoms with Crippen molar-refractivity contribution in [2.24, 2.45) is 28.2 Å². The van der Waals surface area contributed by atoms with Crippen molar-refractivity contribution in [2.75, 3.05) is 6.54 Å². The number of hydrazone groups is 1. The first-order chi connectivity index (χ1) is 18.8. The number of nitro groups is 1. The van der Waals surface area contributed by atoms with Crippen LogP contribution in [0.15, 0.2) is 29.4 Å². The molecule has 0 saturated carbocycles. The number of benzene rings is 1.